The van der Waals surface area contributed by atoms with Gasteiger partial charge in [0.1, 0.15) is 5.75 Å². The number of rotatable bonds is 4. The van der Waals surface area contributed by atoms with Gasteiger partial charge in [0.25, 0.3) is 0 Å². The maximum Gasteiger partial charge on any atom is 0.133 e. The summed E-state index contributed by atoms with van der Waals surface area (Å²) in [5.41, 5.74) is 5.17. The van der Waals surface area contributed by atoms with Crippen LogP contribution in [0.1, 0.15) is 31.4 Å². The van der Waals surface area contributed by atoms with Gasteiger partial charge in [0.2, 0.25) is 0 Å². The zero-order chi connectivity index (χ0) is 17.5. The van der Waals surface area contributed by atoms with E-state index < -0.39 is 0 Å². The molecule has 128 valence electrons. The maximum atomic E-state index is 9.28. The Morgan fingerprint density at radius 1 is 1.29 bits per heavy atom. The third-order valence-corrected chi connectivity index (χ3v) is 4.92. The van der Waals surface area contributed by atoms with E-state index in [0.717, 1.165) is 35.9 Å². The third-order valence-electron chi connectivity index (χ3n) is 3.91. The van der Waals surface area contributed by atoms with Crippen molar-refractivity contribution in [2.45, 2.75) is 38.6 Å². The lowest BCUT2D eigenvalue weighted by Crippen LogP contribution is -2.30. The molecule has 1 aromatic carbocycles. The van der Waals surface area contributed by atoms with Gasteiger partial charge in [-0.05, 0) is 43.0 Å². The smallest absolute Gasteiger partial charge is 0.133 e. The second kappa shape index (κ2) is 8.78. The summed E-state index contributed by atoms with van der Waals surface area (Å²) in [5.74, 6) is 0.995. The Morgan fingerprint density at radius 3 is 2.79 bits per heavy atom. The van der Waals surface area contributed by atoms with Gasteiger partial charge in [-0.15, -0.1) is 11.8 Å². The molecule has 1 aliphatic rings. The number of aromatic nitrogens is 1. The number of hydrogen-bond acceptors (Lipinski definition) is 4. The van der Waals surface area contributed by atoms with E-state index in [1.165, 1.54) is 23.0 Å². The summed E-state index contributed by atoms with van der Waals surface area (Å²) >= 11 is 1.65. The Bertz CT molecular complexity index is 683. The molecule has 3 rings (SSSR count). The molecule has 1 N–H and O–H groups in total. The van der Waals surface area contributed by atoms with Crippen LogP contribution in [0.25, 0.3) is 0 Å². The third kappa shape index (κ3) is 4.32. The van der Waals surface area contributed by atoms with Crippen LogP contribution in [0.5, 0.6) is 5.75 Å². The van der Waals surface area contributed by atoms with Gasteiger partial charge in [-0.3, -0.25) is 0 Å². The minimum absolute atomic E-state index is 0.198. The van der Waals surface area contributed by atoms with Crippen LogP contribution in [-0.4, -0.2) is 22.4 Å². The monoisotopic (exact) mass is 342 g/mol. The Labute approximate surface area is 149 Å². The lowest BCUT2D eigenvalue weighted by atomic mass is 9.98. The highest BCUT2D eigenvalue weighted by Crippen LogP contribution is 2.34. The van der Waals surface area contributed by atoms with Gasteiger partial charge < -0.3 is 10.0 Å². The second-order valence-corrected chi connectivity index (χ2v) is 6.54. The van der Waals surface area contributed by atoms with E-state index in [9.17, 15) is 5.11 Å². The fourth-order valence-corrected chi connectivity index (χ4v) is 3.62. The molecule has 0 amide bonds. The molecule has 4 heteroatoms. The number of aromatic hydroxyl groups is 1. The number of aryl methyl sites for hydroxylation is 2. The molecule has 0 unspecified atom stereocenters. The van der Waals surface area contributed by atoms with Crippen LogP contribution in [0.4, 0.5) is 5.69 Å². The molecular formula is C20H26N2OS. The van der Waals surface area contributed by atoms with Crippen LogP contribution in [0.15, 0.2) is 53.8 Å². The SMILES string of the molecule is C=C(CSc1ccc(O)cn1)N1CCCc2cccc(C)c21.CC. The van der Waals surface area contributed by atoms with Crippen molar-refractivity contribution in [2.75, 3.05) is 17.2 Å². The van der Waals surface area contributed by atoms with Gasteiger partial charge in [-0.2, -0.15) is 0 Å². The molecule has 0 radical (unpaired) electrons. The van der Waals surface area contributed by atoms with Crippen LogP contribution in [0.2, 0.25) is 0 Å². The molecule has 2 aromatic rings. The van der Waals surface area contributed by atoms with Crippen LogP contribution in [0.3, 0.4) is 0 Å². The Balaban J connectivity index is 0.00000100. The zero-order valence-corrected chi connectivity index (χ0v) is 15.6. The van der Waals surface area contributed by atoms with Gasteiger partial charge in [0, 0.05) is 23.7 Å². The summed E-state index contributed by atoms with van der Waals surface area (Å²) in [7, 11) is 0. The minimum Gasteiger partial charge on any atom is -0.506 e. The normalized spacial score (nSPS) is 12.9. The number of pyridine rings is 1. The number of anilines is 1. The van der Waals surface area contributed by atoms with Crippen molar-refractivity contribution >= 4 is 17.4 Å². The van der Waals surface area contributed by atoms with Crippen molar-refractivity contribution in [3.05, 3.63) is 59.9 Å². The summed E-state index contributed by atoms with van der Waals surface area (Å²) in [6.07, 6.45) is 3.79. The van der Waals surface area contributed by atoms with E-state index in [0.29, 0.717) is 0 Å². The average molecular weight is 343 g/mol. The first-order valence-electron chi connectivity index (χ1n) is 8.47. The van der Waals surface area contributed by atoms with Gasteiger partial charge >= 0.3 is 0 Å². The van der Waals surface area contributed by atoms with Crippen LogP contribution in [-0.2, 0) is 6.42 Å². The molecule has 0 bridgehead atoms. The highest BCUT2D eigenvalue weighted by Gasteiger charge is 2.20. The molecule has 1 aromatic heterocycles. The Morgan fingerprint density at radius 2 is 2.08 bits per heavy atom. The predicted octanol–water partition coefficient (Wildman–Crippen LogP) is 5.18. The summed E-state index contributed by atoms with van der Waals surface area (Å²) in [5, 5.41) is 10.2. The number of para-hydroxylation sites is 1. The predicted molar refractivity (Wildman–Crippen MR) is 104 cm³/mol. The first-order chi connectivity index (χ1) is 11.6. The highest BCUT2D eigenvalue weighted by molar-refractivity contribution is 7.99. The largest absolute Gasteiger partial charge is 0.506 e. The maximum absolute atomic E-state index is 9.28. The molecule has 0 aliphatic carbocycles. The minimum atomic E-state index is 0.198. The van der Waals surface area contributed by atoms with Gasteiger partial charge in [-0.1, -0.05) is 38.6 Å². The van der Waals surface area contributed by atoms with E-state index in [-0.39, 0.29) is 5.75 Å². The van der Waals surface area contributed by atoms with Crippen LogP contribution in [0, 0.1) is 6.92 Å². The van der Waals surface area contributed by atoms with Crippen LogP contribution >= 0.6 is 11.8 Å². The van der Waals surface area contributed by atoms with E-state index in [2.05, 4.69) is 41.6 Å². The Hall–Kier alpha value is -1.94. The first kappa shape index (κ1) is 18.4. The number of thioether (sulfide) groups is 1. The van der Waals surface area contributed by atoms with E-state index in [1.54, 1.807) is 17.8 Å². The molecule has 0 atom stereocenters. The lowest BCUT2D eigenvalue weighted by Gasteiger charge is -2.34. The average Bonchev–Trinajstić information content (AvgIpc) is 2.62. The van der Waals surface area contributed by atoms with Crippen molar-refractivity contribution < 1.29 is 5.11 Å². The molecule has 0 spiro atoms. The standard InChI is InChI=1S/C18H20N2OS.C2H6/c1-13-5-3-6-15-7-4-10-20(18(13)15)14(2)12-22-17-9-8-16(21)11-19-17;1-2/h3,5-6,8-9,11,21H,2,4,7,10,12H2,1H3;1-2H3. The molecule has 3 nitrogen and oxygen atoms in total. The molecular weight excluding hydrogens is 316 g/mol. The summed E-state index contributed by atoms with van der Waals surface area (Å²) in [6, 6.07) is 10.0. The van der Waals surface area contributed by atoms with Crippen LogP contribution < -0.4 is 4.90 Å². The van der Waals surface area contributed by atoms with Crippen molar-refractivity contribution in [1.29, 1.82) is 0 Å². The summed E-state index contributed by atoms with van der Waals surface area (Å²) < 4.78 is 0. The van der Waals surface area contributed by atoms with Crippen molar-refractivity contribution in [2.24, 2.45) is 0 Å². The summed E-state index contributed by atoms with van der Waals surface area (Å²) in [4.78, 5) is 6.56. The van der Waals surface area contributed by atoms with E-state index >= 15 is 0 Å². The Kier molecular flexibility index (Phi) is 6.73. The van der Waals surface area contributed by atoms with E-state index in [1.807, 2.05) is 19.9 Å². The van der Waals surface area contributed by atoms with Crippen molar-refractivity contribution in [1.82, 2.24) is 4.98 Å². The lowest BCUT2D eigenvalue weighted by molar-refractivity contribution is 0.471. The second-order valence-electron chi connectivity index (χ2n) is 5.55. The summed E-state index contributed by atoms with van der Waals surface area (Å²) in [6.45, 7) is 11.5. The van der Waals surface area contributed by atoms with E-state index in [4.69, 9.17) is 0 Å². The zero-order valence-electron chi connectivity index (χ0n) is 14.7. The first-order valence-corrected chi connectivity index (χ1v) is 9.45. The van der Waals surface area contributed by atoms with Gasteiger partial charge in [-0.25, -0.2) is 4.98 Å². The molecule has 1 aliphatic heterocycles. The molecule has 0 saturated carbocycles. The fourth-order valence-electron chi connectivity index (χ4n) is 2.86. The quantitative estimate of drug-likeness (QED) is 0.777. The molecule has 0 fully saturated rings. The van der Waals surface area contributed by atoms with Crippen molar-refractivity contribution in [3.63, 3.8) is 0 Å². The number of fused-ring (bicyclic) bond motifs is 1. The number of benzene rings is 1. The molecule has 24 heavy (non-hydrogen) atoms. The van der Waals surface area contributed by atoms with Gasteiger partial charge in [0.15, 0.2) is 0 Å². The number of nitrogens with zero attached hydrogens (tertiary/aromatic N) is 2. The number of hydrogen-bond donors (Lipinski definition) is 1. The molecule has 0 saturated heterocycles. The topological polar surface area (TPSA) is 36.4 Å². The highest BCUT2D eigenvalue weighted by atomic mass is 32.2. The van der Waals surface area contributed by atoms with Gasteiger partial charge in [0.05, 0.1) is 11.2 Å². The molecule has 2 heterocycles. The van der Waals surface area contributed by atoms with Crippen molar-refractivity contribution in [3.8, 4) is 5.75 Å². The fraction of sp³-hybridized carbons (Fsp3) is 0.350.